The summed E-state index contributed by atoms with van der Waals surface area (Å²) in [6.07, 6.45) is 1.26. The van der Waals surface area contributed by atoms with Gasteiger partial charge in [-0.1, -0.05) is 12.1 Å². The zero-order chi connectivity index (χ0) is 10.6. The van der Waals surface area contributed by atoms with Crippen molar-refractivity contribution in [2.45, 2.75) is 6.29 Å². The van der Waals surface area contributed by atoms with Crippen molar-refractivity contribution in [1.82, 2.24) is 0 Å². The summed E-state index contributed by atoms with van der Waals surface area (Å²) in [4.78, 5) is 0. The molecule has 0 spiro atoms. The Balaban J connectivity index is 2.89. The first-order valence-electron chi connectivity index (χ1n) is 4.05. The van der Waals surface area contributed by atoms with Crippen molar-refractivity contribution in [3.05, 3.63) is 29.8 Å². The number of methoxy groups -OCH3 is 1. The van der Waals surface area contributed by atoms with E-state index in [2.05, 4.69) is 0 Å². The smallest absolute Gasteiger partial charge is 0.171 e. The molecular weight excluding hydrogens is 184 g/mol. The van der Waals surface area contributed by atoms with Gasteiger partial charge in [0.1, 0.15) is 0 Å². The Hall–Kier alpha value is -1.52. The molecule has 0 saturated heterocycles. The number of aliphatic hydroxyl groups is 2. The molecule has 0 aliphatic rings. The van der Waals surface area contributed by atoms with E-state index in [0.29, 0.717) is 11.3 Å². The lowest BCUT2D eigenvalue weighted by Gasteiger charge is -2.03. The number of ether oxygens (including phenoxy) is 1. The molecule has 14 heavy (non-hydrogen) atoms. The molecule has 0 bridgehead atoms. The van der Waals surface area contributed by atoms with E-state index in [4.69, 9.17) is 14.9 Å². The van der Waals surface area contributed by atoms with Gasteiger partial charge in [-0.2, -0.15) is 0 Å². The third kappa shape index (κ3) is 2.76. The van der Waals surface area contributed by atoms with Gasteiger partial charge in [0.25, 0.3) is 0 Å². The lowest BCUT2D eigenvalue weighted by atomic mass is 10.2. The average molecular weight is 196 g/mol. The lowest BCUT2D eigenvalue weighted by molar-refractivity contribution is 0.00304. The van der Waals surface area contributed by atoms with E-state index in [1.165, 1.54) is 25.3 Å². The van der Waals surface area contributed by atoms with Crippen molar-refractivity contribution in [2.24, 2.45) is 0 Å². The highest BCUT2D eigenvalue weighted by Gasteiger charge is 2.00. The monoisotopic (exact) mass is 196 g/mol. The van der Waals surface area contributed by atoms with Crippen molar-refractivity contribution in [3.63, 3.8) is 0 Å². The third-order valence-corrected chi connectivity index (χ3v) is 1.66. The Bertz CT molecular complexity index is 331. The van der Waals surface area contributed by atoms with Gasteiger partial charge in [0, 0.05) is 0 Å². The molecule has 4 nitrogen and oxygen atoms in total. The second-order valence-corrected chi connectivity index (χ2v) is 2.70. The zero-order valence-corrected chi connectivity index (χ0v) is 7.71. The summed E-state index contributed by atoms with van der Waals surface area (Å²) in [5.41, 5.74) is 0.716. The van der Waals surface area contributed by atoms with E-state index in [1.54, 1.807) is 12.1 Å². The SMILES string of the molecule is COc1cc(/C=C/C(O)O)ccc1O. The number of benzene rings is 1. The fourth-order valence-corrected chi connectivity index (χ4v) is 0.995. The summed E-state index contributed by atoms with van der Waals surface area (Å²) in [6, 6.07) is 4.70. The minimum atomic E-state index is -1.48. The quantitative estimate of drug-likeness (QED) is 0.623. The van der Waals surface area contributed by atoms with Crippen LogP contribution >= 0.6 is 0 Å². The first-order chi connectivity index (χ1) is 6.63. The number of hydrogen-bond donors (Lipinski definition) is 3. The molecule has 0 atom stereocenters. The predicted octanol–water partition coefficient (Wildman–Crippen LogP) is 0.725. The fourth-order valence-electron chi connectivity index (χ4n) is 0.995. The maximum Gasteiger partial charge on any atom is 0.171 e. The fraction of sp³-hybridized carbons (Fsp3) is 0.200. The van der Waals surface area contributed by atoms with E-state index in [0.717, 1.165) is 0 Å². The summed E-state index contributed by atoms with van der Waals surface area (Å²) in [5, 5.41) is 26.4. The van der Waals surface area contributed by atoms with Crippen LogP contribution in [0.4, 0.5) is 0 Å². The van der Waals surface area contributed by atoms with Crippen LogP contribution in [-0.4, -0.2) is 28.7 Å². The molecule has 1 aromatic carbocycles. The molecule has 0 aliphatic carbocycles. The van der Waals surface area contributed by atoms with Crippen LogP contribution < -0.4 is 4.74 Å². The van der Waals surface area contributed by atoms with Gasteiger partial charge >= 0.3 is 0 Å². The number of phenolic OH excluding ortho intramolecular Hbond substituents is 1. The van der Waals surface area contributed by atoms with Crippen molar-refractivity contribution in [2.75, 3.05) is 7.11 Å². The molecule has 1 aromatic rings. The van der Waals surface area contributed by atoms with Crippen LogP contribution in [0.2, 0.25) is 0 Å². The van der Waals surface area contributed by atoms with E-state index in [9.17, 15) is 5.11 Å². The molecule has 0 amide bonds. The summed E-state index contributed by atoms with van der Waals surface area (Å²) in [6.45, 7) is 0. The number of aliphatic hydroxyl groups excluding tert-OH is 1. The summed E-state index contributed by atoms with van der Waals surface area (Å²) >= 11 is 0. The Morgan fingerprint density at radius 3 is 2.64 bits per heavy atom. The van der Waals surface area contributed by atoms with E-state index < -0.39 is 6.29 Å². The Labute approximate surface area is 81.7 Å². The maximum atomic E-state index is 9.26. The average Bonchev–Trinajstić information content (AvgIpc) is 2.16. The second-order valence-electron chi connectivity index (χ2n) is 2.70. The Morgan fingerprint density at radius 1 is 1.36 bits per heavy atom. The molecule has 0 fully saturated rings. The van der Waals surface area contributed by atoms with Gasteiger partial charge in [-0.05, 0) is 23.8 Å². The molecule has 0 aliphatic heterocycles. The van der Waals surface area contributed by atoms with E-state index in [-0.39, 0.29) is 5.75 Å². The second kappa shape index (κ2) is 4.64. The highest BCUT2D eigenvalue weighted by atomic mass is 16.5. The zero-order valence-electron chi connectivity index (χ0n) is 7.71. The van der Waals surface area contributed by atoms with Gasteiger partial charge in [0.2, 0.25) is 0 Å². The van der Waals surface area contributed by atoms with Crippen LogP contribution in [0.1, 0.15) is 5.56 Å². The molecule has 3 N–H and O–H groups in total. The lowest BCUT2D eigenvalue weighted by Crippen LogP contribution is -1.96. The molecule has 0 radical (unpaired) electrons. The molecule has 0 unspecified atom stereocenters. The first kappa shape index (κ1) is 10.6. The van der Waals surface area contributed by atoms with Crippen LogP contribution in [0, 0.1) is 0 Å². The van der Waals surface area contributed by atoms with Crippen molar-refractivity contribution in [3.8, 4) is 11.5 Å². The Kier molecular flexibility index (Phi) is 3.50. The molecule has 4 heteroatoms. The Morgan fingerprint density at radius 2 is 2.07 bits per heavy atom. The summed E-state index contributed by atoms with van der Waals surface area (Å²) in [5.74, 6) is 0.397. The minimum Gasteiger partial charge on any atom is -0.504 e. The summed E-state index contributed by atoms with van der Waals surface area (Å²) in [7, 11) is 1.45. The molecular formula is C10H12O4. The van der Waals surface area contributed by atoms with Crippen LogP contribution in [0.5, 0.6) is 11.5 Å². The molecule has 0 heterocycles. The number of hydrogen-bond acceptors (Lipinski definition) is 4. The predicted molar refractivity (Wildman–Crippen MR) is 51.9 cm³/mol. The van der Waals surface area contributed by atoms with Crippen LogP contribution in [0.15, 0.2) is 24.3 Å². The van der Waals surface area contributed by atoms with Crippen LogP contribution in [-0.2, 0) is 0 Å². The standard InChI is InChI=1S/C10H12O4/c1-14-9-6-7(2-4-8(9)11)3-5-10(12)13/h2-6,10-13H,1H3/b5-3+. The van der Waals surface area contributed by atoms with Crippen molar-refractivity contribution < 1.29 is 20.1 Å². The van der Waals surface area contributed by atoms with E-state index >= 15 is 0 Å². The van der Waals surface area contributed by atoms with Gasteiger partial charge < -0.3 is 20.1 Å². The topological polar surface area (TPSA) is 69.9 Å². The maximum absolute atomic E-state index is 9.26. The number of rotatable bonds is 3. The van der Waals surface area contributed by atoms with Gasteiger partial charge in [-0.3, -0.25) is 0 Å². The van der Waals surface area contributed by atoms with Crippen molar-refractivity contribution in [1.29, 1.82) is 0 Å². The molecule has 1 rings (SSSR count). The first-order valence-corrected chi connectivity index (χ1v) is 4.05. The van der Waals surface area contributed by atoms with E-state index in [1.807, 2.05) is 0 Å². The number of aromatic hydroxyl groups is 1. The minimum absolute atomic E-state index is 0.0502. The highest BCUT2D eigenvalue weighted by molar-refractivity contribution is 5.55. The molecule has 0 saturated carbocycles. The highest BCUT2D eigenvalue weighted by Crippen LogP contribution is 2.26. The molecule has 76 valence electrons. The van der Waals surface area contributed by atoms with Gasteiger partial charge in [-0.25, -0.2) is 0 Å². The van der Waals surface area contributed by atoms with Crippen LogP contribution in [0.25, 0.3) is 6.08 Å². The summed E-state index contributed by atoms with van der Waals surface area (Å²) < 4.78 is 4.88. The van der Waals surface area contributed by atoms with Gasteiger partial charge in [0.15, 0.2) is 17.8 Å². The van der Waals surface area contributed by atoms with Gasteiger partial charge in [-0.15, -0.1) is 0 Å². The van der Waals surface area contributed by atoms with Crippen molar-refractivity contribution >= 4 is 6.08 Å². The van der Waals surface area contributed by atoms with Gasteiger partial charge in [0.05, 0.1) is 7.11 Å². The van der Waals surface area contributed by atoms with Crippen LogP contribution in [0.3, 0.4) is 0 Å². The number of phenols is 1. The normalized spacial score (nSPS) is 11.1. The largest absolute Gasteiger partial charge is 0.504 e. The molecule has 0 aromatic heterocycles. The third-order valence-electron chi connectivity index (χ3n) is 1.66.